The largest absolute Gasteiger partial charge is 0.329 e. The zero-order valence-corrected chi connectivity index (χ0v) is 12.1. The first-order valence-electron chi connectivity index (χ1n) is 6.40. The Morgan fingerprint density at radius 2 is 1.83 bits per heavy atom. The fourth-order valence-corrected chi connectivity index (χ4v) is 1.70. The molecular weight excluding hydrogens is 227 g/mol. The number of nitrogens with two attached hydrogens (primary N) is 1. The summed E-state index contributed by atoms with van der Waals surface area (Å²) < 4.78 is 13.3. The van der Waals surface area contributed by atoms with Gasteiger partial charge in [0.2, 0.25) is 0 Å². The van der Waals surface area contributed by atoms with Gasteiger partial charge in [-0.3, -0.25) is 0 Å². The monoisotopic (exact) mass is 252 g/mol. The molecule has 102 valence electrons. The van der Waals surface area contributed by atoms with Gasteiger partial charge in [0.25, 0.3) is 0 Å². The SMILES string of the molecule is Cc1cc(C(C)(C)CNC(C)(C)CN)ccc1F. The Hall–Kier alpha value is -0.930. The van der Waals surface area contributed by atoms with Crippen molar-refractivity contribution >= 4 is 0 Å². The first-order valence-corrected chi connectivity index (χ1v) is 6.40. The molecule has 0 saturated carbocycles. The number of benzene rings is 1. The third kappa shape index (κ3) is 3.79. The molecular formula is C15H25FN2. The summed E-state index contributed by atoms with van der Waals surface area (Å²) in [4.78, 5) is 0. The number of hydrogen-bond acceptors (Lipinski definition) is 2. The Morgan fingerprint density at radius 3 is 2.33 bits per heavy atom. The molecule has 18 heavy (non-hydrogen) atoms. The number of rotatable bonds is 5. The van der Waals surface area contributed by atoms with Crippen LogP contribution in [0.4, 0.5) is 4.39 Å². The van der Waals surface area contributed by atoms with Crippen LogP contribution in [-0.2, 0) is 5.41 Å². The van der Waals surface area contributed by atoms with E-state index in [4.69, 9.17) is 5.73 Å². The normalized spacial score (nSPS) is 12.8. The van der Waals surface area contributed by atoms with Gasteiger partial charge in [0.1, 0.15) is 5.82 Å². The van der Waals surface area contributed by atoms with E-state index >= 15 is 0 Å². The van der Waals surface area contributed by atoms with E-state index in [0.717, 1.165) is 12.1 Å². The predicted octanol–water partition coefficient (Wildman–Crippen LogP) is 2.74. The van der Waals surface area contributed by atoms with Gasteiger partial charge in [-0.25, -0.2) is 4.39 Å². The van der Waals surface area contributed by atoms with Crippen LogP contribution in [0.2, 0.25) is 0 Å². The lowest BCUT2D eigenvalue weighted by molar-refractivity contribution is 0.346. The van der Waals surface area contributed by atoms with Crippen LogP contribution in [-0.4, -0.2) is 18.6 Å². The van der Waals surface area contributed by atoms with Crippen molar-refractivity contribution < 1.29 is 4.39 Å². The zero-order valence-electron chi connectivity index (χ0n) is 12.1. The number of aryl methyl sites for hydroxylation is 1. The highest BCUT2D eigenvalue weighted by molar-refractivity contribution is 5.30. The fourth-order valence-electron chi connectivity index (χ4n) is 1.70. The summed E-state index contributed by atoms with van der Waals surface area (Å²) >= 11 is 0. The maximum absolute atomic E-state index is 13.3. The molecule has 1 rings (SSSR count). The summed E-state index contributed by atoms with van der Waals surface area (Å²) in [7, 11) is 0. The minimum absolute atomic E-state index is 0.0507. The second-order valence-electron chi connectivity index (χ2n) is 6.29. The minimum atomic E-state index is -0.148. The maximum Gasteiger partial charge on any atom is 0.126 e. The van der Waals surface area contributed by atoms with Crippen LogP contribution in [0.15, 0.2) is 18.2 Å². The first-order chi connectivity index (χ1) is 8.18. The van der Waals surface area contributed by atoms with Crippen molar-refractivity contribution in [1.82, 2.24) is 5.32 Å². The van der Waals surface area contributed by atoms with Crippen molar-refractivity contribution in [3.63, 3.8) is 0 Å². The van der Waals surface area contributed by atoms with Crippen molar-refractivity contribution in [3.05, 3.63) is 35.1 Å². The Morgan fingerprint density at radius 1 is 1.22 bits per heavy atom. The number of nitrogens with one attached hydrogen (secondary N) is 1. The Balaban J connectivity index is 2.82. The van der Waals surface area contributed by atoms with Gasteiger partial charge < -0.3 is 11.1 Å². The molecule has 0 atom stereocenters. The summed E-state index contributed by atoms with van der Waals surface area (Å²) in [6, 6.07) is 5.33. The third-order valence-electron chi connectivity index (χ3n) is 3.46. The van der Waals surface area contributed by atoms with E-state index in [-0.39, 0.29) is 16.8 Å². The molecule has 0 aliphatic carbocycles. The van der Waals surface area contributed by atoms with Gasteiger partial charge in [-0.1, -0.05) is 26.0 Å². The average molecular weight is 252 g/mol. The molecule has 0 saturated heterocycles. The van der Waals surface area contributed by atoms with Crippen LogP contribution in [0, 0.1) is 12.7 Å². The van der Waals surface area contributed by atoms with Crippen molar-refractivity contribution in [3.8, 4) is 0 Å². The van der Waals surface area contributed by atoms with E-state index < -0.39 is 0 Å². The highest BCUT2D eigenvalue weighted by Gasteiger charge is 2.24. The number of halogens is 1. The van der Waals surface area contributed by atoms with Crippen molar-refractivity contribution in [2.45, 2.75) is 45.6 Å². The first kappa shape index (κ1) is 15.1. The van der Waals surface area contributed by atoms with Crippen LogP contribution >= 0.6 is 0 Å². The molecule has 2 nitrogen and oxygen atoms in total. The molecule has 0 heterocycles. The molecule has 0 radical (unpaired) electrons. The predicted molar refractivity (Wildman–Crippen MR) is 75.3 cm³/mol. The highest BCUT2D eigenvalue weighted by atomic mass is 19.1. The fraction of sp³-hybridized carbons (Fsp3) is 0.600. The van der Waals surface area contributed by atoms with Gasteiger partial charge >= 0.3 is 0 Å². The van der Waals surface area contributed by atoms with Crippen LogP contribution in [0.25, 0.3) is 0 Å². The molecule has 3 heteroatoms. The lowest BCUT2D eigenvalue weighted by Crippen LogP contribution is -2.50. The molecule has 3 N–H and O–H groups in total. The molecule has 1 aromatic carbocycles. The molecule has 0 aliphatic heterocycles. The lowest BCUT2D eigenvalue weighted by Gasteiger charge is -2.32. The second kappa shape index (κ2) is 5.37. The minimum Gasteiger partial charge on any atom is -0.329 e. The standard InChI is InChI=1S/C15H25FN2/c1-11-8-12(6-7-13(11)16)14(2,3)10-18-15(4,5)9-17/h6-8,18H,9-10,17H2,1-5H3. The molecule has 0 bridgehead atoms. The Bertz CT molecular complexity index is 411. The molecule has 0 fully saturated rings. The van der Waals surface area contributed by atoms with Crippen LogP contribution in [0.1, 0.15) is 38.8 Å². The van der Waals surface area contributed by atoms with Crippen molar-refractivity contribution in [1.29, 1.82) is 0 Å². The van der Waals surface area contributed by atoms with E-state index in [1.807, 2.05) is 12.1 Å². The van der Waals surface area contributed by atoms with Crippen LogP contribution in [0.5, 0.6) is 0 Å². The van der Waals surface area contributed by atoms with Gasteiger partial charge in [0, 0.05) is 24.0 Å². The smallest absolute Gasteiger partial charge is 0.126 e. The third-order valence-corrected chi connectivity index (χ3v) is 3.46. The summed E-state index contributed by atoms with van der Waals surface area (Å²) in [5, 5.41) is 3.46. The van der Waals surface area contributed by atoms with Crippen molar-refractivity contribution in [2.75, 3.05) is 13.1 Å². The Kier molecular flexibility index (Phi) is 4.51. The molecule has 0 spiro atoms. The molecule has 0 unspecified atom stereocenters. The highest BCUT2D eigenvalue weighted by Crippen LogP contribution is 2.24. The maximum atomic E-state index is 13.3. The Labute approximate surface area is 110 Å². The van der Waals surface area contributed by atoms with Gasteiger partial charge in [0.05, 0.1) is 0 Å². The lowest BCUT2D eigenvalue weighted by atomic mass is 9.83. The quantitative estimate of drug-likeness (QED) is 0.845. The number of hydrogen-bond donors (Lipinski definition) is 2. The van der Waals surface area contributed by atoms with Crippen LogP contribution in [0.3, 0.4) is 0 Å². The molecule has 0 aromatic heterocycles. The average Bonchev–Trinajstić information content (AvgIpc) is 2.30. The van der Waals surface area contributed by atoms with Crippen molar-refractivity contribution in [2.24, 2.45) is 5.73 Å². The van der Waals surface area contributed by atoms with Gasteiger partial charge in [-0.05, 0) is 38.0 Å². The van der Waals surface area contributed by atoms with E-state index in [0.29, 0.717) is 12.1 Å². The van der Waals surface area contributed by atoms with Gasteiger partial charge in [0.15, 0.2) is 0 Å². The van der Waals surface area contributed by atoms with E-state index in [1.54, 1.807) is 13.0 Å². The summed E-state index contributed by atoms with van der Waals surface area (Å²) in [6.07, 6.45) is 0. The topological polar surface area (TPSA) is 38.0 Å². The van der Waals surface area contributed by atoms with E-state index in [9.17, 15) is 4.39 Å². The van der Waals surface area contributed by atoms with Crippen LogP contribution < -0.4 is 11.1 Å². The second-order valence-corrected chi connectivity index (χ2v) is 6.29. The summed E-state index contributed by atoms with van der Waals surface area (Å²) in [5.74, 6) is -0.148. The van der Waals surface area contributed by atoms with E-state index in [1.165, 1.54) is 0 Å². The summed E-state index contributed by atoms with van der Waals surface area (Å²) in [6.45, 7) is 11.7. The molecule has 1 aromatic rings. The molecule has 0 amide bonds. The zero-order chi connectivity index (χ0) is 14.0. The van der Waals surface area contributed by atoms with E-state index in [2.05, 4.69) is 33.0 Å². The van der Waals surface area contributed by atoms with Gasteiger partial charge in [-0.2, -0.15) is 0 Å². The molecule has 0 aliphatic rings. The summed E-state index contributed by atoms with van der Waals surface area (Å²) in [5.41, 5.74) is 7.41. The van der Waals surface area contributed by atoms with Gasteiger partial charge in [-0.15, -0.1) is 0 Å².